The zero-order valence-electron chi connectivity index (χ0n) is 12.7. The summed E-state index contributed by atoms with van der Waals surface area (Å²) in [5.41, 5.74) is 5.25. The van der Waals surface area contributed by atoms with Gasteiger partial charge in [0.15, 0.2) is 0 Å². The first-order valence-corrected chi connectivity index (χ1v) is 10.3. The molecule has 0 aliphatic rings. The minimum atomic E-state index is 0.781. The third kappa shape index (κ3) is 4.10. The lowest BCUT2D eigenvalue weighted by Crippen LogP contribution is -1.92. The monoisotopic (exact) mass is 428 g/mol. The van der Waals surface area contributed by atoms with Crippen molar-refractivity contribution in [3.05, 3.63) is 108 Å². The molecule has 0 fully saturated rings. The van der Waals surface area contributed by atoms with Gasteiger partial charge in [-0.15, -0.1) is 0 Å². The lowest BCUT2D eigenvalue weighted by molar-refractivity contribution is 1.55. The van der Waals surface area contributed by atoms with Gasteiger partial charge in [0, 0.05) is 4.17 Å². The molecule has 3 aromatic rings. The van der Waals surface area contributed by atoms with Crippen molar-refractivity contribution in [3.63, 3.8) is 0 Å². The minimum Gasteiger partial charge on any atom is -0.0812 e. The average Bonchev–Trinajstić information content (AvgIpc) is 2.64. The summed E-state index contributed by atoms with van der Waals surface area (Å²) in [5, 5.41) is 1.44. The van der Waals surface area contributed by atoms with Crippen molar-refractivity contribution in [2.45, 2.75) is 0 Å². The highest BCUT2D eigenvalue weighted by Crippen LogP contribution is 2.43. The van der Waals surface area contributed by atoms with Crippen LogP contribution in [0.1, 0.15) is 16.7 Å². The van der Waals surface area contributed by atoms with E-state index in [0.29, 0.717) is 0 Å². The Morgan fingerprint density at radius 2 is 1.00 bits per heavy atom. The molecule has 114 valence electrons. The molecule has 0 aromatic heterocycles. The molecule has 3 aromatic carbocycles. The molecule has 0 radical (unpaired) electrons. The quantitative estimate of drug-likeness (QED) is 0.184. The van der Waals surface area contributed by atoms with Crippen molar-refractivity contribution in [2.75, 3.05) is 4.17 Å². The maximum Gasteiger partial charge on any atom is 0.0212 e. The molecule has 0 amide bonds. The van der Waals surface area contributed by atoms with Crippen LogP contribution >= 0.6 is 31.2 Å². The predicted molar refractivity (Wildman–Crippen MR) is 112 cm³/mol. The normalized spacial score (nSPS) is 10.8. The van der Waals surface area contributed by atoms with E-state index in [1.54, 1.807) is 0 Å². The van der Waals surface area contributed by atoms with Gasteiger partial charge >= 0.3 is 0 Å². The van der Waals surface area contributed by atoms with Crippen LogP contribution in [0.2, 0.25) is 0 Å². The molecule has 0 N–H and O–H groups in total. The fourth-order valence-electron chi connectivity index (χ4n) is 2.67. The third-order valence-electron chi connectivity index (χ3n) is 3.68. The molecular formula is C21H18IP. The van der Waals surface area contributed by atoms with Crippen LogP contribution < -0.4 is 0 Å². The fraction of sp³-hybridized carbons (Fsp3) is 0.0476. The zero-order valence-corrected chi connectivity index (χ0v) is 15.9. The van der Waals surface area contributed by atoms with Crippen LogP contribution in [0.15, 0.2) is 91.0 Å². The van der Waals surface area contributed by atoms with Crippen molar-refractivity contribution in [3.8, 4) is 0 Å². The number of halogens is 1. The van der Waals surface area contributed by atoms with Gasteiger partial charge < -0.3 is 0 Å². The average molecular weight is 428 g/mol. The summed E-state index contributed by atoms with van der Waals surface area (Å²) in [6, 6.07) is 32.3. The summed E-state index contributed by atoms with van der Waals surface area (Å²) in [4.78, 5) is 0. The summed E-state index contributed by atoms with van der Waals surface area (Å²) < 4.78 is 1.13. The molecule has 0 nitrogen and oxygen atoms in total. The summed E-state index contributed by atoms with van der Waals surface area (Å²) in [6.07, 6.45) is 0. The minimum absolute atomic E-state index is 0.781. The fourth-order valence-corrected chi connectivity index (χ4v) is 4.79. The van der Waals surface area contributed by atoms with E-state index >= 15 is 0 Å². The molecule has 0 aliphatic heterocycles. The lowest BCUT2D eigenvalue weighted by atomic mass is 9.95. The number of alkyl halides is 1. The van der Waals surface area contributed by atoms with E-state index in [0.717, 1.165) is 12.7 Å². The highest BCUT2D eigenvalue weighted by Gasteiger charge is 2.13. The van der Waals surface area contributed by atoms with Gasteiger partial charge in [0.05, 0.1) is 0 Å². The number of rotatable bonds is 5. The van der Waals surface area contributed by atoms with Gasteiger partial charge in [-0.05, 0) is 27.6 Å². The highest BCUT2D eigenvalue weighted by molar-refractivity contribution is 14.1. The molecule has 0 saturated carbocycles. The van der Waals surface area contributed by atoms with Crippen molar-refractivity contribution in [1.82, 2.24) is 0 Å². The van der Waals surface area contributed by atoms with E-state index in [4.69, 9.17) is 0 Å². The predicted octanol–water partition coefficient (Wildman–Crippen LogP) is 6.67. The lowest BCUT2D eigenvalue weighted by Gasteiger charge is -2.16. The number of benzene rings is 3. The van der Waals surface area contributed by atoms with E-state index in [-0.39, 0.29) is 0 Å². The van der Waals surface area contributed by atoms with Crippen LogP contribution in [0.3, 0.4) is 0 Å². The Hall–Kier alpha value is -1.44. The van der Waals surface area contributed by atoms with Crippen molar-refractivity contribution >= 4 is 42.1 Å². The van der Waals surface area contributed by atoms with Crippen LogP contribution in [0, 0.1) is 0 Å². The highest BCUT2D eigenvalue weighted by atomic mass is 127. The summed E-state index contributed by atoms with van der Waals surface area (Å²) in [7, 11) is 0.781. The zero-order chi connectivity index (χ0) is 15.9. The van der Waals surface area contributed by atoms with Gasteiger partial charge in [-0.2, -0.15) is 0 Å². The van der Waals surface area contributed by atoms with Crippen LogP contribution in [0.5, 0.6) is 0 Å². The van der Waals surface area contributed by atoms with Crippen LogP contribution in [0.4, 0.5) is 0 Å². The van der Waals surface area contributed by atoms with Crippen LogP contribution in [0.25, 0.3) is 10.9 Å². The SMILES string of the molecule is ICPC(=C(c1ccccc1)c1ccccc1)c1ccccc1. The Morgan fingerprint density at radius 3 is 1.39 bits per heavy atom. The van der Waals surface area contributed by atoms with E-state index in [1.807, 2.05) is 0 Å². The Morgan fingerprint density at radius 1 is 0.609 bits per heavy atom. The molecule has 1 atom stereocenters. The third-order valence-corrected chi connectivity index (χ3v) is 5.85. The molecule has 0 heterocycles. The summed E-state index contributed by atoms with van der Waals surface area (Å²) in [6.45, 7) is 0. The van der Waals surface area contributed by atoms with Gasteiger partial charge in [-0.1, -0.05) is 122 Å². The van der Waals surface area contributed by atoms with E-state index in [9.17, 15) is 0 Å². The Balaban J connectivity index is 2.27. The van der Waals surface area contributed by atoms with Gasteiger partial charge in [-0.3, -0.25) is 0 Å². The first kappa shape index (κ1) is 16.4. The molecule has 0 saturated heterocycles. The molecular weight excluding hydrogens is 410 g/mol. The van der Waals surface area contributed by atoms with E-state index in [2.05, 4.69) is 114 Å². The van der Waals surface area contributed by atoms with Crippen molar-refractivity contribution in [1.29, 1.82) is 0 Å². The molecule has 1 unspecified atom stereocenters. The first-order chi connectivity index (χ1) is 11.4. The number of hydrogen-bond donors (Lipinski definition) is 0. The van der Waals surface area contributed by atoms with Crippen molar-refractivity contribution < 1.29 is 0 Å². The molecule has 0 spiro atoms. The maximum absolute atomic E-state index is 2.48. The molecule has 2 heteroatoms. The molecule has 0 bridgehead atoms. The van der Waals surface area contributed by atoms with Gasteiger partial charge in [0.2, 0.25) is 0 Å². The van der Waals surface area contributed by atoms with E-state index < -0.39 is 0 Å². The largest absolute Gasteiger partial charge is 0.0812 e. The Bertz CT molecular complexity index is 723. The second kappa shape index (κ2) is 8.42. The first-order valence-electron chi connectivity index (χ1n) is 7.60. The van der Waals surface area contributed by atoms with E-state index in [1.165, 1.54) is 27.6 Å². The summed E-state index contributed by atoms with van der Waals surface area (Å²) >= 11 is 2.48. The van der Waals surface area contributed by atoms with Crippen LogP contribution in [-0.2, 0) is 0 Å². The second-order valence-corrected chi connectivity index (χ2v) is 8.57. The maximum atomic E-state index is 2.48. The molecule has 3 rings (SSSR count). The van der Waals surface area contributed by atoms with Gasteiger partial charge in [0.25, 0.3) is 0 Å². The second-order valence-electron chi connectivity index (χ2n) is 5.16. The smallest absolute Gasteiger partial charge is 0.0212 e. The topological polar surface area (TPSA) is 0 Å². The number of hydrogen-bond acceptors (Lipinski definition) is 0. The van der Waals surface area contributed by atoms with Gasteiger partial charge in [-0.25, -0.2) is 0 Å². The Labute approximate surface area is 153 Å². The molecule has 0 aliphatic carbocycles. The molecule has 23 heavy (non-hydrogen) atoms. The standard InChI is InChI=1S/C21H18IP/c22-16-23-21(19-14-8-3-9-15-19)20(17-10-4-1-5-11-17)18-12-6-2-7-13-18/h1-15,23H,16H2. The van der Waals surface area contributed by atoms with Crippen LogP contribution in [-0.4, -0.2) is 4.17 Å². The van der Waals surface area contributed by atoms with Crippen molar-refractivity contribution in [2.24, 2.45) is 0 Å². The summed E-state index contributed by atoms with van der Waals surface area (Å²) in [5.74, 6) is 0. The van der Waals surface area contributed by atoms with Gasteiger partial charge in [0.1, 0.15) is 0 Å². The Kier molecular flexibility index (Phi) is 6.01.